The highest BCUT2D eigenvalue weighted by Gasteiger charge is 2.21. The molecule has 1 N–H and O–H groups in total. The molecule has 1 amide bonds. The molecule has 0 bridgehead atoms. The SMILES string of the molecule is O=C(c1csc(-c2cc3ccccc3[nH]2)n1)N1CCCCC1. The molecule has 22 heavy (non-hydrogen) atoms. The van der Waals surface area contributed by atoms with Gasteiger partial charge in [0.25, 0.3) is 5.91 Å². The summed E-state index contributed by atoms with van der Waals surface area (Å²) in [6.45, 7) is 1.72. The van der Waals surface area contributed by atoms with Crippen LogP contribution in [0.1, 0.15) is 29.8 Å². The summed E-state index contributed by atoms with van der Waals surface area (Å²) in [7, 11) is 0. The van der Waals surface area contributed by atoms with Crippen molar-refractivity contribution in [3.63, 3.8) is 0 Å². The fourth-order valence-electron chi connectivity index (χ4n) is 2.94. The number of likely N-dealkylation sites (tertiary alicyclic amines) is 1. The standard InChI is InChI=1S/C17H17N3OS/c21-17(20-8-4-1-5-9-20)15-11-22-16(19-15)14-10-12-6-2-3-7-13(12)18-14/h2-3,6-7,10-11,18H,1,4-5,8-9H2. The van der Waals surface area contributed by atoms with Gasteiger partial charge in [-0.1, -0.05) is 18.2 Å². The molecule has 4 rings (SSSR count). The number of carbonyl (C=O) groups excluding carboxylic acids is 1. The summed E-state index contributed by atoms with van der Waals surface area (Å²) in [6.07, 6.45) is 3.43. The van der Waals surface area contributed by atoms with E-state index in [0.717, 1.165) is 47.5 Å². The largest absolute Gasteiger partial charge is 0.353 e. The number of rotatable bonds is 2. The molecule has 3 aromatic rings. The minimum Gasteiger partial charge on any atom is -0.353 e. The van der Waals surface area contributed by atoms with E-state index in [4.69, 9.17) is 0 Å². The number of hydrogen-bond donors (Lipinski definition) is 1. The first-order valence-electron chi connectivity index (χ1n) is 7.64. The molecule has 0 saturated carbocycles. The van der Waals surface area contributed by atoms with Crippen LogP contribution < -0.4 is 0 Å². The average molecular weight is 311 g/mol. The molecule has 0 radical (unpaired) electrons. The van der Waals surface area contributed by atoms with Crippen LogP contribution in [-0.2, 0) is 0 Å². The zero-order chi connectivity index (χ0) is 14.9. The van der Waals surface area contributed by atoms with Crippen LogP contribution in [-0.4, -0.2) is 33.9 Å². The van der Waals surface area contributed by atoms with Crippen molar-refractivity contribution in [1.29, 1.82) is 0 Å². The van der Waals surface area contributed by atoms with E-state index in [-0.39, 0.29) is 5.91 Å². The molecule has 5 heteroatoms. The lowest BCUT2D eigenvalue weighted by molar-refractivity contribution is 0.0719. The van der Waals surface area contributed by atoms with Gasteiger partial charge < -0.3 is 9.88 Å². The lowest BCUT2D eigenvalue weighted by Gasteiger charge is -2.25. The highest BCUT2D eigenvalue weighted by Crippen LogP contribution is 2.27. The molecule has 3 heterocycles. The number of nitrogens with one attached hydrogen (secondary N) is 1. The van der Waals surface area contributed by atoms with Gasteiger partial charge in [-0.2, -0.15) is 0 Å². The van der Waals surface area contributed by atoms with Gasteiger partial charge in [0.1, 0.15) is 10.7 Å². The Morgan fingerprint density at radius 3 is 2.82 bits per heavy atom. The second kappa shape index (κ2) is 5.57. The van der Waals surface area contributed by atoms with E-state index in [1.54, 1.807) is 0 Å². The minimum atomic E-state index is 0.0679. The average Bonchev–Trinajstić information content (AvgIpc) is 3.21. The van der Waals surface area contributed by atoms with Gasteiger partial charge in [0, 0.05) is 29.4 Å². The van der Waals surface area contributed by atoms with Gasteiger partial charge in [-0.25, -0.2) is 4.98 Å². The Morgan fingerprint density at radius 1 is 1.18 bits per heavy atom. The van der Waals surface area contributed by atoms with Crippen LogP contribution in [0.15, 0.2) is 35.7 Å². The number of aromatic amines is 1. The van der Waals surface area contributed by atoms with Crippen LogP contribution >= 0.6 is 11.3 Å². The van der Waals surface area contributed by atoms with Crippen LogP contribution in [0.2, 0.25) is 0 Å². The van der Waals surface area contributed by atoms with Crippen molar-refractivity contribution in [2.75, 3.05) is 13.1 Å². The molecule has 0 atom stereocenters. The molecule has 0 aliphatic carbocycles. The van der Waals surface area contributed by atoms with Gasteiger partial charge in [0.2, 0.25) is 0 Å². The lowest BCUT2D eigenvalue weighted by atomic mass is 10.1. The monoisotopic (exact) mass is 311 g/mol. The maximum absolute atomic E-state index is 12.5. The Bertz CT molecular complexity index is 781. The number of H-pyrrole nitrogens is 1. The molecule has 4 nitrogen and oxygen atoms in total. The van der Waals surface area contributed by atoms with E-state index in [1.807, 2.05) is 28.5 Å². The topological polar surface area (TPSA) is 49.0 Å². The van der Waals surface area contributed by atoms with Gasteiger partial charge in [-0.15, -0.1) is 11.3 Å². The summed E-state index contributed by atoms with van der Waals surface area (Å²) in [6, 6.07) is 10.2. The Labute approximate surface area is 132 Å². The van der Waals surface area contributed by atoms with Crippen LogP contribution in [0.3, 0.4) is 0 Å². The molecule has 2 aromatic heterocycles. The zero-order valence-electron chi connectivity index (χ0n) is 12.2. The highest BCUT2D eigenvalue weighted by atomic mass is 32.1. The molecular formula is C17H17N3OS. The van der Waals surface area contributed by atoms with Crippen molar-refractivity contribution < 1.29 is 4.79 Å². The first-order chi connectivity index (χ1) is 10.8. The summed E-state index contributed by atoms with van der Waals surface area (Å²) < 4.78 is 0. The van der Waals surface area contributed by atoms with Gasteiger partial charge in [-0.05, 0) is 31.4 Å². The molecule has 0 unspecified atom stereocenters. The van der Waals surface area contributed by atoms with E-state index in [0.29, 0.717) is 5.69 Å². The predicted molar refractivity (Wildman–Crippen MR) is 89.2 cm³/mol. The van der Waals surface area contributed by atoms with E-state index < -0.39 is 0 Å². The maximum Gasteiger partial charge on any atom is 0.273 e. The molecule has 1 fully saturated rings. The van der Waals surface area contributed by atoms with E-state index >= 15 is 0 Å². The number of carbonyl (C=O) groups is 1. The Morgan fingerprint density at radius 2 is 2.00 bits per heavy atom. The van der Waals surface area contributed by atoms with Crippen LogP contribution in [0, 0.1) is 0 Å². The maximum atomic E-state index is 12.5. The molecule has 0 spiro atoms. The van der Waals surface area contributed by atoms with E-state index in [1.165, 1.54) is 17.8 Å². The molecule has 112 valence electrons. The van der Waals surface area contributed by atoms with Crippen molar-refractivity contribution in [2.24, 2.45) is 0 Å². The Hall–Kier alpha value is -2.14. The van der Waals surface area contributed by atoms with Crippen LogP contribution in [0.4, 0.5) is 0 Å². The number of benzene rings is 1. The second-order valence-electron chi connectivity index (χ2n) is 5.66. The summed E-state index contributed by atoms with van der Waals surface area (Å²) in [5, 5.41) is 3.91. The van der Waals surface area contributed by atoms with Crippen LogP contribution in [0.25, 0.3) is 21.6 Å². The first-order valence-corrected chi connectivity index (χ1v) is 8.52. The summed E-state index contributed by atoms with van der Waals surface area (Å²) in [5.41, 5.74) is 2.64. The number of hydrogen-bond acceptors (Lipinski definition) is 3. The number of nitrogens with zero attached hydrogens (tertiary/aromatic N) is 2. The van der Waals surface area contributed by atoms with E-state index in [2.05, 4.69) is 22.1 Å². The number of thiazole rings is 1. The number of piperidine rings is 1. The zero-order valence-corrected chi connectivity index (χ0v) is 13.0. The Balaban J connectivity index is 1.61. The van der Waals surface area contributed by atoms with E-state index in [9.17, 15) is 4.79 Å². The van der Waals surface area contributed by atoms with Crippen molar-refractivity contribution in [2.45, 2.75) is 19.3 Å². The Kier molecular flexibility index (Phi) is 3.42. The summed E-state index contributed by atoms with van der Waals surface area (Å²) in [5.74, 6) is 0.0679. The van der Waals surface area contributed by atoms with Gasteiger partial charge in [-0.3, -0.25) is 4.79 Å². The number of amides is 1. The predicted octanol–water partition coefficient (Wildman–Crippen LogP) is 3.92. The fraction of sp³-hybridized carbons (Fsp3) is 0.294. The van der Waals surface area contributed by atoms with Gasteiger partial charge in [0.15, 0.2) is 0 Å². The molecule has 1 saturated heterocycles. The van der Waals surface area contributed by atoms with Crippen molar-refractivity contribution in [3.05, 3.63) is 41.4 Å². The number of aromatic nitrogens is 2. The van der Waals surface area contributed by atoms with Crippen molar-refractivity contribution in [1.82, 2.24) is 14.9 Å². The molecule has 1 aliphatic heterocycles. The third-order valence-corrected chi connectivity index (χ3v) is 5.00. The second-order valence-corrected chi connectivity index (χ2v) is 6.52. The molecule has 1 aliphatic rings. The van der Waals surface area contributed by atoms with Crippen LogP contribution in [0.5, 0.6) is 0 Å². The smallest absolute Gasteiger partial charge is 0.273 e. The minimum absolute atomic E-state index is 0.0679. The number of para-hydroxylation sites is 1. The third kappa shape index (κ3) is 2.41. The molecule has 1 aromatic carbocycles. The van der Waals surface area contributed by atoms with Gasteiger partial charge in [0.05, 0.1) is 5.69 Å². The fourth-order valence-corrected chi connectivity index (χ4v) is 3.71. The first kappa shape index (κ1) is 13.5. The van der Waals surface area contributed by atoms with Gasteiger partial charge >= 0.3 is 0 Å². The molecular weight excluding hydrogens is 294 g/mol. The van der Waals surface area contributed by atoms with Crippen molar-refractivity contribution >= 4 is 28.1 Å². The lowest BCUT2D eigenvalue weighted by Crippen LogP contribution is -2.35. The summed E-state index contributed by atoms with van der Waals surface area (Å²) >= 11 is 1.52. The number of fused-ring (bicyclic) bond motifs is 1. The third-order valence-electron chi connectivity index (χ3n) is 4.13. The quantitative estimate of drug-likeness (QED) is 0.780. The normalized spacial score (nSPS) is 15.4. The summed E-state index contributed by atoms with van der Waals surface area (Å²) in [4.78, 5) is 22.3. The highest BCUT2D eigenvalue weighted by molar-refractivity contribution is 7.13. The van der Waals surface area contributed by atoms with Crippen molar-refractivity contribution in [3.8, 4) is 10.7 Å².